The number of rotatable bonds is 4. The van der Waals surface area contributed by atoms with Crippen LogP contribution in [0.25, 0.3) is 6.08 Å². The summed E-state index contributed by atoms with van der Waals surface area (Å²) in [4.78, 5) is 12.2. The molecule has 0 aromatic heterocycles. The monoisotopic (exact) mass is 344 g/mol. The lowest BCUT2D eigenvalue weighted by Gasteiger charge is -2.08. The highest BCUT2D eigenvalue weighted by molar-refractivity contribution is 6.31. The van der Waals surface area contributed by atoms with Gasteiger partial charge in [-0.3, -0.25) is 4.79 Å². The van der Waals surface area contributed by atoms with Gasteiger partial charge in [0.15, 0.2) is 11.5 Å². The molecule has 0 aliphatic rings. The quantitative estimate of drug-likeness (QED) is 0.448. The smallest absolute Gasteiger partial charge is 0.266 e. The van der Waals surface area contributed by atoms with Crippen molar-refractivity contribution in [3.63, 3.8) is 0 Å². The highest BCUT2D eigenvalue weighted by Crippen LogP contribution is 2.34. The maximum Gasteiger partial charge on any atom is 0.266 e. The summed E-state index contributed by atoms with van der Waals surface area (Å²) in [7, 11) is 1.36. The van der Waals surface area contributed by atoms with Crippen LogP contribution in [-0.2, 0) is 4.79 Å². The summed E-state index contributed by atoms with van der Waals surface area (Å²) in [6.45, 7) is 0. The molecule has 6 nitrogen and oxygen atoms in total. The molecule has 2 rings (SSSR count). The van der Waals surface area contributed by atoms with Gasteiger partial charge in [0.2, 0.25) is 0 Å². The number of amides is 1. The molecule has 24 heavy (non-hydrogen) atoms. The van der Waals surface area contributed by atoms with Gasteiger partial charge in [0.1, 0.15) is 17.4 Å². The number of nitrogens with zero attached hydrogens (tertiary/aromatic N) is 1. The van der Waals surface area contributed by atoms with Crippen LogP contribution in [0.1, 0.15) is 5.56 Å². The second-order valence-corrected chi connectivity index (χ2v) is 5.15. The van der Waals surface area contributed by atoms with Gasteiger partial charge in [-0.05, 0) is 36.4 Å². The van der Waals surface area contributed by atoms with Crippen LogP contribution in [0, 0.1) is 11.3 Å². The van der Waals surface area contributed by atoms with E-state index in [1.54, 1.807) is 6.07 Å². The van der Waals surface area contributed by atoms with Crippen molar-refractivity contribution in [2.45, 2.75) is 0 Å². The average Bonchev–Trinajstić information content (AvgIpc) is 2.57. The van der Waals surface area contributed by atoms with Gasteiger partial charge in [-0.1, -0.05) is 11.6 Å². The van der Waals surface area contributed by atoms with Gasteiger partial charge in [0.25, 0.3) is 5.91 Å². The molecule has 0 heterocycles. The third kappa shape index (κ3) is 3.97. The molecule has 0 fully saturated rings. The van der Waals surface area contributed by atoms with E-state index in [0.29, 0.717) is 5.69 Å². The van der Waals surface area contributed by atoms with Crippen LogP contribution in [0.3, 0.4) is 0 Å². The number of ether oxygens (including phenoxy) is 1. The third-order valence-corrected chi connectivity index (χ3v) is 3.30. The van der Waals surface area contributed by atoms with Crippen molar-refractivity contribution in [2.75, 3.05) is 12.4 Å². The fourth-order valence-corrected chi connectivity index (χ4v) is 2.12. The third-order valence-electron chi connectivity index (χ3n) is 3.08. The highest BCUT2D eigenvalue weighted by Gasteiger charge is 2.14. The van der Waals surface area contributed by atoms with Crippen molar-refractivity contribution in [1.29, 1.82) is 5.26 Å². The zero-order valence-corrected chi connectivity index (χ0v) is 13.3. The maximum atomic E-state index is 12.2. The van der Waals surface area contributed by atoms with E-state index in [1.165, 1.54) is 49.6 Å². The van der Waals surface area contributed by atoms with Crippen LogP contribution in [0.4, 0.5) is 5.69 Å². The van der Waals surface area contributed by atoms with E-state index in [4.69, 9.17) is 16.3 Å². The van der Waals surface area contributed by atoms with Crippen molar-refractivity contribution in [2.24, 2.45) is 0 Å². The maximum absolute atomic E-state index is 12.2. The summed E-state index contributed by atoms with van der Waals surface area (Å²) in [6, 6.07) is 10.4. The molecule has 0 saturated carbocycles. The Morgan fingerprint density at radius 2 is 1.96 bits per heavy atom. The van der Waals surface area contributed by atoms with E-state index in [9.17, 15) is 20.3 Å². The van der Waals surface area contributed by atoms with Gasteiger partial charge < -0.3 is 20.3 Å². The fraction of sp³-hybridized carbons (Fsp3) is 0.0588. The molecule has 0 bridgehead atoms. The lowest BCUT2D eigenvalue weighted by atomic mass is 10.1. The van der Waals surface area contributed by atoms with Crippen molar-refractivity contribution >= 4 is 29.3 Å². The van der Waals surface area contributed by atoms with Crippen LogP contribution in [0.2, 0.25) is 5.02 Å². The molecule has 3 N–H and O–H groups in total. The van der Waals surface area contributed by atoms with E-state index in [-0.39, 0.29) is 33.4 Å². The number of benzene rings is 2. The Morgan fingerprint density at radius 1 is 1.29 bits per heavy atom. The summed E-state index contributed by atoms with van der Waals surface area (Å²) in [5.74, 6) is -0.710. The van der Waals surface area contributed by atoms with Crippen molar-refractivity contribution < 1.29 is 19.7 Å². The highest BCUT2D eigenvalue weighted by atomic mass is 35.5. The zero-order chi connectivity index (χ0) is 17.7. The molecule has 0 aliphatic carbocycles. The van der Waals surface area contributed by atoms with E-state index in [1.807, 2.05) is 0 Å². The first-order valence-electron chi connectivity index (χ1n) is 6.73. The largest absolute Gasteiger partial charge is 0.508 e. The molecule has 2 aromatic carbocycles. The van der Waals surface area contributed by atoms with Gasteiger partial charge in [0.05, 0.1) is 7.11 Å². The Balaban J connectivity index is 2.32. The molecule has 0 aliphatic heterocycles. The summed E-state index contributed by atoms with van der Waals surface area (Å²) >= 11 is 5.92. The minimum Gasteiger partial charge on any atom is -0.508 e. The van der Waals surface area contributed by atoms with Crippen molar-refractivity contribution in [3.8, 4) is 23.3 Å². The van der Waals surface area contributed by atoms with Gasteiger partial charge in [-0.2, -0.15) is 5.26 Å². The number of hydrogen-bond donors (Lipinski definition) is 3. The van der Waals surface area contributed by atoms with Crippen LogP contribution in [0.5, 0.6) is 17.2 Å². The van der Waals surface area contributed by atoms with Crippen LogP contribution < -0.4 is 10.1 Å². The minimum atomic E-state index is -0.665. The Morgan fingerprint density at radius 3 is 2.54 bits per heavy atom. The number of carbonyl (C=O) groups excluding carboxylic acids is 1. The molecular formula is C17H13ClN2O4. The topological polar surface area (TPSA) is 103 Å². The van der Waals surface area contributed by atoms with E-state index in [2.05, 4.69) is 5.32 Å². The number of aromatic hydroxyl groups is 2. The number of hydrogen-bond acceptors (Lipinski definition) is 5. The molecular weight excluding hydrogens is 332 g/mol. The van der Waals surface area contributed by atoms with Crippen molar-refractivity contribution in [1.82, 2.24) is 0 Å². The minimum absolute atomic E-state index is 0.0555. The molecule has 0 unspecified atom stereocenters. The van der Waals surface area contributed by atoms with Crippen LogP contribution in [0.15, 0.2) is 42.0 Å². The van der Waals surface area contributed by atoms with Crippen molar-refractivity contribution in [3.05, 3.63) is 52.6 Å². The van der Waals surface area contributed by atoms with Gasteiger partial charge >= 0.3 is 0 Å². The summed E-state index contributed by atoms with van der Waals surface area (Å²) < 4.78 is 4.98. The second-order valence-electron chi connectivity index (χ2n) is 4.72. The first-order valence-corrected chi connectivity index (χ1v) is 7.11. The average molecular weight is 345 g/mol. The number of phenolic OH excluding ortho intramolecular Hbond substituents is 2. The predicted octanol–water partition coefficient (Wildman–Crippen LogP) is 3.31. The van der Waals surface area contributed by atoms with E-state index in [0.717, 1.165) is 0 Å². The Kier molecular flexibility index (Phi) is 5.30. The normalized spacial score (nSPS) is 10.8. The number of halogens is 1. The second kappa shape index (κ2) is 7.40. The molecule has 2 aromatic rings. The Hall–Kier alpha value is -3.17. The zero-order valence-electron chi connectivity index (χ0n) is 12.6. The molecule has 7 heteroatoms. The Bertz CT molecular complexity index is 839. The predicted molar refractivity (Wildman–Crippen MR) is 90.0 cm³/mol. The molecule has 0 saturated heterocycles. The van der Waals surface area contributed by atoms with E-state index >= 15 is 0 Å². The molecule has 0 spiro atoms. The SMILES string of the molecule is COc1cc(Cl)cc(/C=C(/C#N)C(=O)Nc2ccc(O)cc2)c1O. The number of anilines is 1. The number of nitriles is 1. The number of methoxy groups -OCH3 is 1. The number of carbonyl (C=O) groups is 1. The van der Waals surface area contributed by atoms with E-state index < -0.39 is 5.91 Å². The first-order chi connectivity index (χ1) is 11.4. The molecule has 1 amide bonds. The Labute approximate surface area is 143 Å². The molecule has 0 atom stereocenters. The number of nitrogens with one attached hydrogen (secondary N) is 1. The summed E-state index contributed by atoms with van der Waals surface area (Å²) in [5.41, 5.74) is 0.353. The number of phenols is 2. The fourth-order valence-electron chi connectivity index (χ4n) is 1.91. The lowest BCUT2D eigenvalue weighted by Crippen LogP contribution is -2.13. The first kappa shape index (κ1) is 17.2. The molecule has 122 valence electrons. The van der Waals surface area contributed by atoms with Crippen LogP contribution >= 0.6 is 11.6 Å². The van der Waals surface area contributed by atoms with Gasteiger partial charge in [0, 0.05) is 22.3 Å². The molecule has 0 radical (unpaired) electrons. The van der Waals surface area contributed by atoms with Gasteiger partial charge in [-0.25, -0.2) is 0 Å². The summed E-state index contributed by atoms with van der Waals surface area (Å²) in [5, 5.41) is 31.3. The standard InChI is InChI=1S/C17H13ClN2O4/c1-24-15-8-12(18)7-10(16(15)22)6-11(9-19)17(23)20-13-2-4-14(21)5-3-13/h2-8,21-22H,1H3,(H,20,23)/b11-6-. The lowest BCUT2D eigenvalue weighted by molar-refractivity contribution is -0.112. The van der Waals surface area contributed by atoms with Gasteiger partial charge in [-0.15, -0.1) is 0 Å². The summed E-state index contributed by atoms with van der Waals surface area (Å²) in [6.07, 6.45) is 1.21. The van der Waals surface area contributed by atoms with Crippen LogP contribution in [-0.4, -0.2) is 23.2 Å².